The van der Waals surface area contributed by atoms with E-state index in [1.165, 1.54) is 0 Å². The highest BCUT2D eigenvalue weighted by atomic mass is 16.6. The van der Waals surface area contributed by atoms with Gasteiger partial charge in [0.15, 0.2) is 0 Å². The molecule has 2 amide bonds. The molecule has 4 rings (SSSR count). The summed E-state index contributed by atoms with van der Waals surface area (Å²) in [7, 11) is 0. The second kappa shape index (κ2) is 9.49. The Bertz CT molecular complexity index is 1080. The van der Waals surface area contributed by atoms with Crippen molar-refractivity contribution in [3.05, 3.63) is 59.7 Å². The monoisotopic (exact) mass is 462 g/mol. The lowest BCUT2D eigenvalue weighted by atomic mass is 9.99. The van der Waals surface area contributed by atoms with Crippen molar-refractivity contribution in [1.82, 2.24) is 4.90 Å². The third kappa shape index (κ3) is 5.08. The van der Waals surface area contributed by atoms with Gasteiger partial charge in [-0.3, -0.25) is 9.79 Å². The molecule has 0 aliphatic carbocycles. The largest absolute Gasteiger partial charge is 0.444 e. The number of ether oxygens (including phenoxy) is 1. The summed E-state index contributed by atoms with van der Waals surface area (Å²) in [6.45, 7) is 12.1. The first-order chi connectivity index (χ1) is 16.1. The predicted molar refractivity (Wildman–Crippen MR) is 136 cm³/mol. The highest BCUT2D eigenvalue weighted by Crippen LogP contribution is 2.35. The molecule has 2 aromatic rings. The van der Waals surface area contributed by atoms with Gasteiger partial charge in [0.05, 0.1) is 17.1 Å². The number of nitrogens with zero attached hydrogens (tertiary/aromatic N) is 3. The Morgan fingerprint density at radius 1 is 1.03 bits per heavy atom. The van der Waals surface area contributed by atoms with E-state index >= 15 is 0 Å². The molecular formula is C27H34N4O3. The van der Waals surface area contributed by atoms with E-state index < -0.39 is 11.6 Å². The number of anilines is 2. The van der Waals surface area contributed by atoms with Crippen molar-refractivity contribution in [3.8, 4) is 0 Å². The molecule has 1 atom stereocenters. The molecule has 2 heterocycles. The van der Waals surface area contributed by atoms with Gasteiger partial charge in [-0.05, 0) is 32.8 Å². The van der Waals surface area contributed by atoms with E-state index in [0.717, 1.165) is 28.2 Å². The molecule has 2 aliphatic heterocycles. The van der Waals surface area contributed by atoms with Crippen molar-refractivity contribution in [1.29, 1.82) is 0 Å². The fraction of sp³-hybridized carbons (Fsp3) is 0.444. The molecule has 1 saturated heterocycles. The molecule has 0 saturated carbocycles. The average molecular weight is 463 g/mol. The van der Waals surface area contributed by atoms with Crippen LogP contribution in [0.2, 0.25) is 0 Å². The van der Waals surface area contributed by atoms with Gasteiger partial charge in [0.2, 0.25) is 5.91 Å². The molecule has 0 radical (unpaired) electrons. The van der Waals surface area contributed by atoms with Gasteiger partial charge in [0.1, 0.15) is 11.6 Å². The zero-order valence-electron chi connectivity index (χ0n) is 20.7. The Balaban J connectivity index is 1.65. The zero-order valence-corrected chi connectivity index (χ0v) is 20.7. The number of hydrogen-bond donors (Lipinski definition) is 1. The minimum Gasteiger partial charge on any atom is -0.444 e. The Labute approximate surface area is 201 Å². The summed E-state index contributed by atoms with van der Waals surface area (Å²) in [4.78, 5) is 34.6. The number of piperazine rings is 1. The molecule has 0 aromatic heterocycles. The SMILES string of the molecule is CC(C)[C@H]1N=C(c2ccccc2)c2cccc(N3CCN(C(=O)OC(C)(C)C)CC3)c2NC1=O. The van der Waals surface area contributed by atoms with E-state index in [-0.39, 0.29) is 17.9 Å². The topological polar surface area (TPSA) is 74.2 Å². The number of aliphatic imine (C=N–C) groups is 1. The van der Waals surface area contributed by atoms with Gasteiger partial charge in [0.25, 0.3) is 0 Å². The van der Waals surface area contributed by atoms with Crippen molar-refractivity contribution in [2.75, 3.05) is 36.4 Å². The standard InChI is InChI=1S/C27H34N4O3/c1-18(2)22-25(32)29-24-20(23(28-22)19-10-7-6-8-11-19)12-9-13-21(24)30-14-16-31(17-15-30)26(33)34-27(3,4)5/h6-13,18,22H,14-17H2,1-5H3,(H,29,32)/t22-/m1/s1. The lowest BCUT2D eigenvalue weighted by Gasteiger charge is -2.37. The smallest absolute Gasteiger partial charge is 0.410 e. The number of para-hydroxylation sites is 1. The second-order valence-electron chi connectivity index (χ2n) is 10.2. The summed E-state index contributed by atoms with van der Waals surface area (Å²) in [6, 6.07) is 15.6. The number of nitrogens with one attached hydrogen (secondary N) is 1. The molecule has 1 N–H and O–H groups in total. The third-order valence-corrected chi connectivity index (χ3v) is 6.03. The van der Waals surface area contributed by atoms with Gasteiger partial charge < -0.3 is 19.9 Å². The molecule has 7 heteroatoms. The van der Waals surface area contributed by atoms with Gasteiger partial charge in [0, 0.05) is 37.3 Å². The van der Waals surface area contributed by atoms with Crippen molar-refractivity contribution in [3.63, 3.8) is 0 Å². The highest BCUT2D eigenvalue weighted by Gasteiger charge is 2.32. The van der Waals surface area contributed by atoms with E-state index in [1.54, 1.807) is 4.90 Å². The second-order valence-corrected chi connectivity index (χ2v) is 10.2. The number of carbonyl (C=O) groups is 2. The molecule has 0 spiro atoms. The van der Waals surface area contributed by atoms with Crippen molar-refractivity contribution in [2.24, 2.45) is 10.9 Å². The van der Waals surface area contributed by atoms with Crippen LogP contribution in [0.4, 0.5) is 16.2 Å². The summed E-state index contributed by atoms with van der Waals surface area (Å²) < 4.78 is 5.53. The van der Waals surface area contributed by atoms with Crippen LogP contribution in [-0.4, -0.2) is 60.4 Å². The molecular weight excluding hydrogens is 428 g/mol. The predicted octanol–water partition coefficient (Wildman–Crippen LogP) is 4.56. The maximum atomic E-state index is 13.2. The van der Waals surface area contributed by atoms with E-state index in [0.29, 0.717) is 26.2 Å². The fourth-order valence-corrected chi connectivity index (χ4v) is 4.33. The maximum Gasteiger partial charge on any atom is 0.410 e. The number of fused-ring (bicyclic) bond motifs is 1. The molecule has 34 heavy (non-hydrogen) atoms. The van der Waals surface area contributed by atoms with Gasteiger partial charge in [-0.25, -0.2) is 4.79 Å². The molecule has 0 unspecified atom stereocenters. The number of rotatable bonds is 3. The van der Waals surface area contributed by atoms with Crippen LogP contribution in [0.15, 0.2) is 53.5 Å². The van der Waals surface area contributed by atoms with Crippen molar-refractivity contribution in [2.45, 2.75) is 46.3 Å². The van der Waals surface area contributed by atoms with Gasteiger partial charge in [-0.2, -0.15) is 0 Å². The van der Waals surface area contributed by atoms with Crippen LogP contribution in [0.25, 0.3) is 0 Å². The molecule has 2 aliphatic rings. The molecule has 0 bridgehead atoms. The van der Waals surface area contributed by atoms with Crippen LogP contribution >= 0.6 is 0 Å². The Kier molecular flexibility index (Phi) is 6.64. The van der Waals surface area contributed by atoms with Crippen molar-refractivity contribution >= 4 is 29.1 Å². The van der Waals surface area contributed by atoms with E-state index in [4.69, 9.17) is 9.73 Å². The van der Waals surface area contributed by atoms with Crippen LogP contribution < -0.4 is 10.2 Å². The summed E-state index contributed by atoms with van der Waals surface area (Å²) >= 11 is 0. The number of amides is 2. The van der Waals surface area contributed by atoms with Crippen LogP contribution in [0.5, 0.6) is 0 Å². The Morgan fingerprint density at radius 3 is 2.32 bits per heavy atom. The maximum absolute atomic E-state index is 13.2. The minimum atomic E-state index is -0.518. The number of benzodiazepines with no additional fused rings is 1. The Morgan fingerprint density at radius 2 is 1.71 bits per heavy atom. The first-order valence-corrected chi connectivity index (χ1v) is 11.9. The van der Waals surface area contributed by atoms with Crippen LogP contribution in [0.3, 0.4) is 0 Å². The van der Waals surface area contributed by atoms with E-state index in [9.17, 15) is 9.59 Å². The Hall–Kier alpha value is -3.35. The number of hydrogen-bond acceptors (Lipinski definition) is 5. The average Bonchev–Trinajstić information content (AvgIpc) is 2.94. The first kappa shape index (κ1) is 23.8. The zero-order chi connectivity index (χ0) is 24.5. The van der Waals surface area contributed by atoms with E-state index in [1.807, 2.05) is 83.1 Å². The lowest BCUT2D eigenvalue weighted by Crippen LogP contribution is -2.50. The van der Waals surface area contributed by atoms with Gasteiger partial charge >= 0.3 is 6.09 Å². The van der Waals surface area contributed by atoms with Gasteiger partial charge in [-0.1, -0.05) is 56.3 Å². The van der Waals surface area contributed by atoms with Crippen LogP contribution in [0.1, 0.15) is 45.7 Å². The molecule has 2 aromatic carbocycles. The lowest BCUT2D eigenvalue weighted by molar-refractivity contribution is -0.118. The third-order valence-electron chi connectivity index (χ3n) is 6.03. The molecule has 180 valence electrons. The first-order valence-electron chi connectivity index (χ1n) is 11.9. The quantitative estimate of drug-likeness (QED) is 0.726. The normalized spacial score (nSPS) is 18.7. The van der Waals surface area contributed by atoms with Crippen LogP contribution in [-0.2, 0) is 9.53 Å². The van der Waals surface area contributed by atoms with Gasteiger partial charge in [-0.15, -0.1) is 0 Å². The minimum absolute atomic E-state index is 0.0637. The van der Waals surface area contributed by atoms with Crippen LogP contribution in [0, 0.1) is 5.92 Å². The summed E-state index contributed by atoms with van der Waals surface area (Å²) in [5.41, 5.74) is 3.93. The fourth-order valence-electron chi connectivity index (χ4n) is 4.33. The van der Waals surface area contributed by atoms with Crippen molar-refractivity contribution < 1.29 is 14.3 Å². The summed E-state index contributed by atoms with van der Waals surface area (Å²) in [5, 5.41) is 3.18. The highest BCUT2D eigenvalue weighted by molar-refractivity contribution is 6.21. The molecule has 1 fully saturated rings. The number of benzene rings is 2. The number of carbonyl (C=O) groups excluding carboxylic acids is 2. The molecule has 7 nitrogen and oxygen atoms in total. The summed E-state index contributed by atoms with van der Waals surface area (Å²) in [6.07, 6.45) is -0.286. The van der Waals surface area contributed by atoms with E-state index in [2.05, 4.69) is 10.2 Å². The summed E-state index contributed by atoms with van der Waals surface area (Å²) in [5.74, 6) is -0.0316.